The van der Waals surface area contributed by atoms with Crippen LogP contribution in [0.15, 0.2) is 60.2 Å². The first-order valence-electron chi connectivity index (χ1n) is 13.0. The predicted octanol–water partition coefficient (Wildman–Crippen LogP) is 3.57. The Morgan fingerprint density at radius 2 is 1.81 bits per heavy atom. The molecule has 0 bridgehead atoms. The third-order valence-corrected chi connectivity index (χ3v) is 8.01. The zero-order valence-corrected chi connectivity index (χ0v) is 21.4. The Labute approximate surface area is 222 Å². The zero-order valence-electron chi connectivity index (χ0n) is 20.7. The first-order valence-corrected chi connectivity index (χ1v) is 13.4. The summed E-state index contributed by atoms with van der Waals surface area (Å²) in [5, 5.41) is 24.3. The van der Waals surface area contributed by atoms with E-state index in [1.807, 2.05) is 36.4 Å². The number of amides is 2. The number of nitrogens with one attached hydrogen (secondary N) is 1. The van der Waals surface area contributed by atoms with E-state index in [2.05, 4.69) is 5.32 Å². The lowest BCUT2D eigenvalue weighted by atomic mass is 9.77. The normalized spacial score (nSPS) is 24.6. The smallest absolute Gasteiger partial charge is 0.247 e. The molecule has 2 aromatic rings. The van der Waals surface area contributed by atoms with Crippen molar-refractivity contribution in [3.05, 3.63) is 76.3 Å². The number of benzene rings is 2. The summed E-state index contributed by atoms with van der Waals surface area (Å²) < 4.78 is 6.19. The van der Waals surface area contributed by atoms with Gasteiger partial charge in [0.15, 0.2) is 0 Å². The number of rotatable bonds is 8. The summed E-state index contributed by atoms with van der Waals surface area (Å²) in [6, 6.07) is 14.0. The number of hydrogen-bond donors (Lipinski definition) is 3. The maximum Gasteiger partial charge on any atom is 0.247 e. The van der Waals surface area contributed by atoms with Crippen molar-refractivity contribution in [1.29, 1.82) is 0 Å². The van der Waals surface area contributed by atoms with Crippen molar-refractivity contribution < 1.29 is 24.5 Å². The van der Waals surface area contributed by atoms with E-state index in [1.54, 1.807) is 23.1 Å². The molecule has 5 rings (SSSR count). The van der Waals surface area contributed by atoms with Gasteiger partial charge < -0.3 is 25.2 Å². The number of halogens is 1. The predicted molar refractivity (Wildman–Crippen MR) is 140 cm³/mol. The highest BCUT2D eigenvalue weighted by Crippen LogP contribution is 2.47. The van der Waals surface area contributed by atoms with Crippen molar-refractivity contribution >= 4 is 23.4 Å². The molecule has 1 heterocycles. The van der Waals surface area contributed by atoms with Crippen LogP contribution in [0.1, 0.15) is 49.1 Å². The summed E-state index contributed by atoms with van der Waals surface area (Å²) in [5.74, 6) is 0.0993. The van der Waals surface area contributed by atoms with Gasteiger partial charge in [-0.3, -0.25) is 9.59 Å². The molecule has 8 heteroatoms. The molecule has 1 aliphatic heterocycles. The lowest BCUT2D eigenvalue weighted by Crippen LogP contribution is -2.55. The minimum absolute atomic E-state index is 0.0498. The van der Waals surface area contributed by atoms with Gasteiger partial charge in [-0.25, -0.2) is 0 Å². The largest absolute Gasteiger partial charge is 0.486 e. The molecular weight excluding hydrogens is 492 g/mol. The Morgan fingerprint density at radius 3 is 2.54 bits per heavy atom. The van der Waals surface area contributed by atoms with Crippen LogP contribution in [0.25, 0.3) is 0 Å². The van der Waals surface area contributed by atoms with E-state index in [4.69, 9.17) is 16.3 Å². The molecule has 3 N–H and O–H groups in total. The van der Waals surface area contributed by atoms with E-state index in [-0.39, 0.29) is 31.5 Å². The number of carbonyl (C=O) groups is 2. The maximum atomic E-state index is 13.8. The number of fused-ring (bicyclic) bond motifs is 3. The van der Waals surface area contributed by atoms with Gasteiger partial charge in [-0.05, 0) is 48.6 Å². The minimum Gasteiger partial charge on any atom is -0.486 e. The molecule has 3 aliphatic rings. The number of hydrogen-bond acceptors (Lipinski definition) is 5. The molecular formula is C29H33ClN2O5. The summed E-state index contributed by atoms with van der Waals surface area (Å²) in [6.45, 7) is 0.198. The van der Waals surface area contributed by atoms with Gasteiger partial charge in [0.1, 0.15) is 18.0 Å². The lowest BCUT2D eigenvalue weighted by Gasteiger charge is -2.41. The Morgan fingerprint density at radius 1 is 1.08 bits per heavy atom. The summed E-state index contributed by atoms with van der Waals surface area (Å²) >= 11 is 6.09. The second-order valence-electron chi connectivity index (χ2n) is 10.2. The monoisotopic (exact) mass is 524 g/mol. The SMILES string of the molecule is O=C(NCCO)C1=CC(N(Cc2ccc(Cl)cc2)C(=O)CC2CCCC2)C(O)C2Oc3ccccc3C12. The van der Waals surface area contributed by atoms with Gasteiger partial charge in [0.05, 0.1) is 18.6 Å². The Bertz CT molecular complexity index is 1160. The molecule has 7 nitrogen and oxygen atoms in total. The number of nitrogens with zero attached hydrogens (tertiary/aromatic N) is 1. The first kappa shape index (κ1) is 25.8. The molecule has 196 valence electrons. The summed E-state index contributed by atoms with van der Waals surface area (Å²) in [7, 11) is 0. The average Bonchev–Trinajstić information content (AvgIpc) is 3.56. The van der Waals surface area contributed by atoms with Crippen LogP contribution in [0, 0.1) is 5.92 Å². The molecule has 0 saturated heterocycles. The van der Waals surface area contributed by atoms with Gasteiger partial charge in [-0.2, -0.15) is 0 Å². The van der Waals surface area contributed by atoms with Gasteiger partial charge >= 0.3 is 0 Å². The fraction of sp³-hybridized carbons (Fsp3) is 0.448. The van der Waals surface area contributed by atoms with Crippen LogP contribution in [0.3, 0.4) is 0 Å². The number of carbonyl (C=O) groups excluding carboxylic acids is 2. The quantitative estimate of drug-likeness (QED) is 0.490. The molecule has 0 aromatic heterocycles. The van der Waals surface area contributed by atoms with Crippen molar-refractivity contribution in [2.75, 3.05) is 13.2 Å². The van der Waals surface area contributed by atoms with Gasteiger partial charge in [0.25, 0.3) is 0 Å². The number of ether oxygens (including phenoxy) is 1. The molecule has 4 unspecified atom stereocenters. The zero-order chi connectivity index (χ0) is 25.9. The molecule has 2 aromatic carbocycles. The third-order valence-electron chi connectivity index (χ3n) is 7.76. The number of aliphatic hydroxyl groups is 2. The molecule has 4 atom stereocenters. The topological polar surface area (TPSA) is 99.1 Å². The van der Waals surface area contributed by atoms with Crippen LogP contribution in [0.4, 0.5) is 0 Å². The van der Waals surface area contributed by atoms with Gasteiger partial charge in [-0.1, -0.05) is 54.8 Å². The summed E-state index contributed by atoms with van der Waals surface area (Å²) in [6.07, 6.45) is 4.71. The van der Waals surface area contributed by atoms with Crippen LogP contribution in [-0.4, -0.2) is 58.3 Å². The molecule has 0 radical (unpaired) electrons. The molecule has 1 saturated carbocycles. The van der Waals surface area contributed by atoms with E-state index >= 15 is 0 Å². The Kier molecular flexibility index (Phi) is 7.84. The van der Waals surface area contributed by atoms with Crippen LogP contribution in [-0.2, 0) is 16.1 Å². The van der Waals surface area contributed by atoms with E-state index in [0.29, 0.717) is 28.7 Å². The van der Waals surface area contributed by atoms with E-state index in [0.717, 1.165) is 36.8 Å². The van der Waals surface area contributed by atoms with Gasteiger partial charge in [0.2, 0.25) is 11.8 Å². The van der Waals surface area contributed by atoms with Crippen LogP contribution in [0.5, 0.6) is 5.75 Å². The highest BCUT2D eigenvalue weighted by molar-refractivity contribution is 6.30. The highest BCUT2D eigenvalue weighted by atomic mass is 35.5. The van der Waals surface area contributed by atoms with Crippen LogP contribution in [0.2, 0.25) is 5.02 Å². The second-order valence-corrected chi connectivity index (χ2v) is 10.6. The standard InChI is InChI=1S/C29H33ClN2O5/c30-20-11-9-19(10-12-20)17-32(25(34)15-18-5-1-2-6-18)23-16-22(29(36)31-13-14-33)26-21-7-3-4-8-24(21)37-28(26)27(23)35/h3-4,7-12,16,18,23,26-28,33,35H,1-2,5-6,13-15,17H2,(H,31,36). The summed E-state index contributed by atoms with van der Waals surface area (Å²) in [4.78, 5) is 28.7. The van der Waals surface area contributed by atoms with E-state index in [9.17, 15) is 19.8 Å². The van der Waals surface area contributed by atoms with E-state index in [1.165, 1.54) is 0 Å². The van der Waals surface area contributed by atoms with Crippen LogP contribution < -0.4 is 10.1 Å². The molecule has 1 fully saturated rings. The van der Waals surface area contributed by atoms with Gasteiger partial charge in [-0.15, -0.1) is 0 Å². The molecule has 2 aliphatic carbocycles. The van der Waals surface area contributed by atoms with Crippen LogP contribution >= 0.6 is 11.6 Å². The molecule has 37 heavy (non-hydrogen) atoms. The first-order chi connectivity index (χ1) is 18.0. The van der Waals surface area contributed by atoms with Crippen molar-refractivity contribution in [3.8, 4) is 5.75 Å². The van der Waals surface area contributed by atoms with Crippen molar-refractivity contribution in [1.82, 2.24) is 10.2 Å². The maximum absolute atomic E-state index is 13.8. The molecule has 0 spiro atoms. The van der Waals surface area contributed by atoms with Gasteiger partial charge in [0, 0.05) is 35.7 Å². The third kappa shape index (κ3) is 5.40. The Hall–Kier alpha value is -2.87. The fourth-order valence-electron chi connectivity index (χ4n) is 5.92. The van der Waals surface area contributed by atoms with Crippen molar-refractivity contribution in [2.45, 2.75) is 62.8 Å². The van der Waals surface area contributed by atoms with Crippen molar-refractivity contribution in [2.24, 2.45) is 5.92 Å². The minimum atomic E-state index is -1.04. The lowest BCUT2D eigenvalue weighted by molar-refractivity contribution is -0.139. The second kappa shape index (κ2) is 11.3. The molecule has 2 amide bonds. The fourth-order valence-corrected chi connectivity index (χ4v) is 6.04. The Balaban J connectivity index is 1.52. The van der Waals surface area contributed by atoms with E-state index < -0.39 is 24.2 Å². The highest BCUT2D eigenvalue weighted by Gasteiger charge is 2.50. The number of para-hydroxylation sites is 1. The summed E-state index contributed by atoms with van der Waals surface area (Å²) in [5.41, 5.74) is 2.15. The average molecular weight is 525 g/mol. The number of aliphatic hydroxyl groups excluding tert-OH is 2. The van der Waals surface area contributed by atoms with Crippen molar-refractivity contribution in [3.63, 3.8) is 0 Å².